The van der Waals surface area contributed by atoms with Gasteiger partial charge in [0.15, 0.2) is 0 Å². The summed E-state index contributed by atoms with van der Waals surface area (Å²) < 4.78 is 10.7. The Morgan fingerprint density at radius 1 is 0.692 bits per heavy atom. The number of hydrogen-bond acceptors (Lipinski definition) is 4. The highest BCUT2D eigenvalue weighted by Gasteiger charge is 2.22. The van der Waals surface area contributed by atoms with Crippen molar-refractivity contribution in [3.8, 4) is 0 Å². The molecule has 0 rings (SSSR count). The van der Waals surface area contributed by atoms with E-state index in [9.17, 15) is 9.59 Å². The first-order chi connectivity index (χ1) is 12.4. The van der Waals surface area contributed by atoms with E-state index in [-0.39, 0.29) is 42.7 Å². The minimum atomic E-state index is -0.308. The molecule has 0 amide bonds. The molecule has 0 aliphatic rings. The van der Waals surface area contributed by atoms with Gasteiger partial charge in [0.2, 0.25) is 0 Å². The molecule has 26 heavy (non-hydrogen) atoms. The average Bonchev–Trinajstić information content (AvgIpc) is 2.58. The highest BCUT2D eigenvalue weighted by atomic mass is 16.5. The fourth-order valence-corrected chi connectivity index (χ4v) is 3.13. The summed E-state index contributed by atoms with van der Waals surface area (Å²) in [5.41, 5.74) is 0. The minimum absolute atomic E-state index is 0.0968. The number of carbonyl (C=O) groups excluding carboxylic acids is 2. The lowest BCUT2D eigenvalue weighted by molar-refractivity contribution is -0.157. The molecular weight excluding hydrogens is 328 g/mol. The molecule has 0 saturated carbocycles. The third-order valence-corrected chi connectivity index (χ3v) is 4.63. The van der Waals surface area contributed by atoms with Gasteiger partial charge in [-0.3, -0.25) is 9.59 Å². The molecule has 0 fully saturated rings. The van der Waals surface area contributed by atoms with Crippen molar-refractivity contribution in [1.82, 2.24) is 0 Å². The number of unbranched alkanes of at least 4 members (excludes halogenated alkanes) is 8. The fraction of sp³-hybridized carbons (Fsp3) is 0.909. The molecule has 4 nitrogen and oxygen atoms in total. The summed E-state index contributed by atoms with van der Waals surface area (Å²) >= 11 is 0. The summed E-state index contributed by atoms with van der Waals surface area (Å²) in [5.74, 6) is -0.0559. The molecule has 0 aliphatic carbocycles. The van der Waals surface area contributed by atoms with Crippen molar-refractivity contribution in [1.29, 1.82) is 0 Å². The number of carbonyl (C=O) groups is 2. The number of esters is 2. The zero-order valence-electron chi connectivity index (χ0n) is 17.9. The second kappa shape index (κ2) is 16.1. The van der Waals surface area contributed by atoms with Crippen molar-refractivity contribution in [2.75, 3.05) is 6.61 Å². The predicted molar refractivity (Wildman–Crippen MR) is 107 cm³/mol. The monoisotopic (exact) mass is 370 g/mol. The van der Waals surface area contributed by atoms with Crippen LogP contribution in [-0.2, 0) is 19.1 Å². The summed E-state index contributed by atoms with van der Waals surface area (Å²) in [7, 11) is 0. The van der Waals surface area contributed by atoms with Crippen molar-refractivity contribution in [3.63, 3.8) is 0 Å². The molecule has 0 heterocycles. The van der Waals surface area contributed by atoms with Crippen LogP contribution < -0.4 is 0 Å². The smallest absolute Gasteiger partial charge is 0.306 e. The molecule has 0 aromatic rings. The largest absolute Gasteiger partial charge is 0.466 e. The fourth-order valence-electron chi connectivity index (χ4n) is 3.13. The van der Waals surface area contributed by atoms with Crippen LogP contribution >= 0.6 is 0 Å². The first-order valence-electron chi connectivity index (χ1n) is 10.7. The van der Waals surface area contributed by atoms with Gasteiger partial charge in [0, 0.05) is 0 Å². The molecule has 0 bridgehead atoms. The third kappa shape index (κ3) is 14.1. The summed E-state index contributed by atoms with van der Waals surface area (Å²) in [5, 5.41) is 0. The van der Waals surface area contributed by atoms with E-state index < -0.39 is 0 Å². The van der Waals surface area contributed by atoms with Crippen molar-refractivity contribution in [2.45, 2.75) is 111 Å². The molecule has 0 aromatic carbocycles. The molecule has 154 valence electrons. The minimum Gasteiger partial charge on any atom is -0.466 e. The van der Waals surface area contributed by atoms with Crippen LogP contribution in [0.3, 0.4) is 0 Å². The summed E-state index contributed by atoms with van der Waals surface area (Å²) in [6.07, 6.45) is 11.3. The van der Waals surface area contributed by atoms with Crippen LogP contribution in [-0.4, -0.2) is 24.6 Å². The Bertz CT molecular complexity index is 355. The predicted octanol–water partition coefficient (Wildman–Crippen LogP) is 6.06. The first-order valence-corrected chi connectivity index (χ1v) is 10.7. The quantitative estimate of drug-likeness (QED) is 0.245. The van der Waals surface area contributed by atoms with Gasteiger partial charge in [-0.25, -0.2) is 0 Å². The van der Waals surface area contributed by atoms with Crippen LogP contribution in [0.15, 0.2) is 0 Å². The zero-order chi connectivity index (χ0) is 19.8. The normalized spacial score (nSPS) is 11.4. The second-order valence-electron chi connectivity index (χ2n) is 7.99. The number of hydrogen-bond donors (Lipinski definition) is 0. The molecule has 0 aliphatic heterocycles. The Balaban J connectivity index is 3.61. The zero-order valence-corrected chi connectivity index (χ0v) is 17.9. The van der Waals surface area contributed by atoms with Gasteiger partial charge >= 0.3 is 11.9 Å². The van der Waals surface area contributed by atoms with Crippen LogP contribution in [0, 0.1) is 11.8 Å². The standard InChI is InChI=1S/C22H42O4/c1-6-7-8-9-10-11-12-13-14-17-25-20(23)15-16-21(24)26-22(18(2)3)19(4)5/h18-19,22H,6-17H2,1-5H3. The number of rotatable bonds is 16. The van der Waals surface area contributed by atoms with Gasteiger partial charge in [0.25, 0.3) is 0 Å². The van der Waals surface area contributed by atoms with Gasteiger partial charge in [-0.15, -0.1) is 0 Å². The third-order valence-electron chi connectivity index (χ3n) is 4.63. The number of ether oxygens (including phenoxy) is 2. The van der Waals surface area contributed by atoms with E-state index in [0.717, 1.165) is 12.8 Å². The van der Waals surface area contributed by atoms with Gasteiger partial charge in [-0.05, 0) is 18.3 Å². The van der Waals surface area contributed by atoms with Gasteiger partial charge in [-0.2, -0.15) is 0 Å². The second-order valence-corrected chi connectivity index (χ2v) is 7.99. The van der Waals surface area contributed by atoms with E-state index in [4.69, 9.17) is 9.47 Å². The van der Waals surface area contributed by atoms with E-state index in [1.165, 1.54) is 44.9 Å². The van der Waals surface area contributed by atoms with E-state index in [1.807, 2.05) is 27.7 Å². The molecule has 0 atom stereocenters. The van der Waals surface area contributed by atoms with E-state index in [2.05, 4.69) is 6.92 Å². The molecule has 0 saturated heterocycles. The van der Waals surface area contributed by atoms with Crippen molar-refractivity contribution in [2.24, 2.45) is 11.8 Å². The van der Waals surface area contributed by atoms with Gasteiger partial charge in [0.05, 0.1) is 19.4 Å². The van der Waals surface area contributed by atoms with Crippen LogP contribution in [0.25, 0.3) is 0 Å². The maximum atomic E-state index is 11.9. The van der Waals surface area contributed by atoms with Crippen LogP contribution in [0.4, 0.5) is 0 Å². The van der Waals surface area contributed by atoms with Crippen LogP contribution in [0.1, 0.15) is 105 Å². The van der Waals surface area contributed by atoms with Crippen molar-refractivity contribution >= 4 is 11.9 Å². The van der Waals surface area contributed by atoms with Gasteiger partial charge < -0.3 is 9.47 Å². The Morgan fingerprint density at radius 2 is 1.15 bits per heavy atom. The van der Waals surface area contributed by atoms with Crippen LogP contribution in [0.2, 0.25) is 0 Å². The highest BCUT2D eigenvalue weighted by Crippen LogP contribution is 2.17. The lowest BCUT2D eigenvalue weighted by Crippen LogP contribution is -2.29. The lowest BCUT2D eigenvalue weighted by atomic mass is 9.96. The molecule has 0 unspecified atom stereocenters. The molecule has 0 spiro atoms. The van der Waals surface area contributed by atoms with Crippen molar-refractivity contribution in [3.05, 3.63) is 0 Å². The Hall–Kier alpha value is -1.06. The summed E-state index contributed by atoms with van der Waals surface area (Å²) in [6, 6.07) is 0. The van der Waals surface area contributed by atoms with E-state index >= 15 is 0 Å². The molecule has 0 aromatic heterocycles. The Labute approximate surface area is 161 Å². The molecular formula is C22H42O4. The Morgan fingerprint density at radius 3 is 1.65 bits per heavy atom. The lowest BCUT2D eigenvalue weighted by Gasteiger charge is -2.24. The van der Waals surface area contributed by atoms with E-state index in [0.29, 0.717) is 6.61 Å². The molecule has 4 heteroatoms. The van der Waals surface area contributed by atoms with Gasteiger partial charge in [0.1, 0.15) is 6.10 Å². The Kier molecular flexibility index (Phi) is 15.5. The summed E-state index contributed by atoms with van der Waals surface area (Å²) in [4.78, 5) is 23.6. The highest BCUT2D eigenvalue weighted by molar-refractivity contribution is 5.77. The van der Waals surface area contributed by atoms with Crippen LogP contribution in [0.5, 0.6) is 0 Å². The molecule has 0 N–H and O–H groups in total. The maximum absolute atomic E-state index is 11.9. The topological polar surface area (TPSA) is 52.6 Å². The average molecular weight is 371 g/mol. The first kappa shape index (κ1) is 24.9. The molecule has 0 radical (unpaired) electrons. The maximum Gasteiger partial charge on any atom is 0.306 e. The summed E-state index contributed by atoms with van der Waals surface area (Å²) in [6.45, 7) is 10.9. The van der Waals surface area contributed by atoms with Gasteiger partial charge in [-0.1, -0.05) is 86.0 Å². The van der Waals surface area contributed by atoms with E-state index in [1.54, 1.807) is 0 Å². The SMILES string of the molecule is CCCCCCCCCCCOC(=O)CCC(=O)OC(C(C)C)C(C)C. The van der Waals surface area contributed by atoms with Crippen molar-refractivity contribution < 1.29 is 19.1 Å².